The van der Waals surface area contributed by atoms with Crippen LogP contribution in [-0.2, 0) is 20.8 Å². The van der Waals surface area contributed by atoms with Crippen molar-refractivity contribution in [1.29, 1.82) is 0 Å². The van der Waals surface area contributed by atoms with E-state index in [2.05, 4.69) is 0 Å². The monoisotopic (exact) mass is 441 g/mol. The summed E-state index contributed by atoms with van der Waals surface area (Å²) in [5.41, 5.74) is 1.25. The molecule has 0 radical (unpaired) electrons. The van der Waals surface area contributed by atoms with E-state index in [9.17, 15) is 27.6 Å². The molecule has 5 nitrogen and oxygen atoms in total. The number of carbonyl (C=O) groups excluding carboxylic acids is 3. The number of hydrogen-bond donors (Lipinski definition) is 0. The Hall–Kier alpha value is -2.38. The summed E-state index contributed by atoms with van der Waals surface area (Å²) in [7, 11) is 1.67. The van der Waals surface area contributed by atoms with Crippen molar-refractivity contribution in [3.8, 4) is 5.75 Å². The van der Waals surface area contributed by atoms with Gasteiger partial charge in [-0.25, -0.2) is 0 Å². The lowest BCUT2D eigenvalue weighted by molar-refractivity contribution is -0.153. The zero-order chi connectivity index (χ0) is 23.7. The molecule has 1 aromatic carbocycles. The van der Waals surface area contributed by atoms with Crippen LogP contribution in [0.3, 0.4) is 0 Å². The van der Waals surface area contributed by atoms with Crippen molar-refractivity contribution in [3.63, 3.8) is 0 Å². The zero-order valence-corrected chi connectivity index (χ0v) is 18.9. The summed E-state index contributed by atoms with van der Waals surface area (Å²) in [6.45, 7) is 7.69. The van der Waals surface area contributed by atoms with Crippen LogP contribution in [0.5, 0.6) is 5.75 Å². The van der Waals surface area contributed by atoms with Crippen molar-refractivity contribution in [2.45, 2.75) is 71.5 Å². The van der Waals surface area contributed by atoms with Gasteiger partial charge in [-0.1, -0.05) is 6.92 Å². The summed E-state index contributed by atoms with van der Waals surface area (Å²) in [6.07, 6.45) is -4.09. The SMILES string of the molecule is CCc1cc(OCC(F)(F)F)cc(C)c1C1C(=O)CC(CC(=O)N(C)C(C)(C)C)C1=O. The first-order valence-electron chi connectivity index (χ1n) is 10.3. The van der Waals surface area contributed by atoms with Crippen molar-refractivity contribution >= 4 is 17.5 Å². The maximum absolute atomic E-state index is 13.1. The molecule has 1 aromatic rings. The van der Waals surface area contributed by atoms with Crippen LogP contribution in [0.4, 0.5) is 13.2 Å². The van der Waals surface area contributed by atoms with Gasteiger partial charge in [0, 0.05) is 31.3 Å². The molecule has 172 valence electrons. The van der Waals surface area contributed by atoms with E-state index in [0.29, 0.717) is 23.1 Å². The highest BCUT2D eigenvalue weighted by Gasteiger charge is 2.44. The molecular formula is C23H30F3NO4. The molecule has 0 spiro atoms. The quantitative estimate of drug-likeness (QED) is 0.615. The number of carbonyl (C=O) groups is 3. The van der Waals surface area contributed by atoms with E-state index in [-0.39, 0.29) is 36.1 Å². The molecule has 2 atom stereocenters. The maximum atomic E-state index is 13.1. The van der Waals surface area contributed by atoms with Gasteiger partial charge in [0.1, 0.15) is 17.5 Å². The normalized spacial score (nSPS) is 19.6. The van der Waals surface area contributed by atoms with E-state index in [1.54, 1.807) is 25.8 Å². The highest BCUT2D eigenvalue weighted by atomic mass is 19.4. The Morgan fingerprint density at radius 3 is 2.32 bits per heavy atom. The summed E-state index contributed by atoms with van der Waals surface area (Å²) < 4.78 is 42.3. The second-order valence-electron chi connectivity index (χ2n) is 9.10. The van der Waals surface area contributed by atoms with Crippen molar-refractivity contribution in [1.82, 2.24) is 4.90 Å². The number of amides is 1. The Bertz CT molecular complexity index is 871. The predicted molar refractivity (Wildman–Crippen MR) is 110 cm³/mol. The van der Waals surface area contributed by atoms with Gasteiger partial charge in [0.15, 0.2) is 12.4 Å². The molecular weight excluding hydrogens is 411 g/mol. The summed E-state index contributed by atoms with van der Waals surface area (Å²) in [5, 5.41) is 0. The first-order chi connectivity index (χ1) is 14.2. The second-order valence-corrected chi connectivity index (χ2v) is 9.10. The molecule has 0 N–H and O–H groups in total. The molecule has 1 aliphatic rings. The van der Waals surface area contributed by atoms with E-state index in [1.807, 2.05) is 20.8 Å². The van der Waals surface area contributed by atoms with Crippen LogP contribution in [0.1, 0.15) is 63.1 Å². The van der Waals surface area contributed by atoms with Gasteiger partial charge in [0.05, 0.1) is 0 Å². The predicted octanol–water partition coefficient (Wildman–Crippen LogP) is 4.39. The molecule has 2 rings (SSSR count). The lowest BCUT2D eigenvalue weighted by atomic mass is 9.85. The molecule has 0 bridgehead atoms. The molecule has 1 amide bonds. The number of hydrogen-bond acceptors (Lipinski definition) is 4. The van der Waals surface area contributed by atoms with Gasteiger partial charge in [-0.3, -0.25) is 14.4 Å². The Morgan fingerprint density at radius 1 is 1.19 bits per heavy atom. The average Bonchev–Trinajstić information content (AvgIpc) is 2.91. The van der Waals surface area contributed by atoms with Crippen molar-refractivity contribution < 1.29 is 32.3 Å². The molecule has 31 heavy (non-hydrogen) atoms. The molecule has 1 aliphatic carbocycles. The number of Topliss-reactive ketones (excluding diaryl/α,β-unsaturated/α-hetero) is 2. The standard InChI is InChI=1S/C23H30F3NO4/c1-7-14-9-16(31-12-23(24,25)26)8-13(2)19(14)20-17(28)10-15(21(20)30)11-18(29)27(6)22(3,4)5/h8-9,15,20H,7,10-12H2,1-6H3. The van der Waals surface area contributed by atoms with E-state index in [4.69, 9.17) is 4.74 Å². The van der Waals surface area contributed by atoms with E-state index in [1.165, 1.54) is 12.1 Å². The van der Waals surface area contributed by atoms with Crippen LogP contribution in [0.15, 0.2) is 12.1 Å². The fourth-order valence-corrected chi connectivity index (χ4v) is 3.84. The number of rotatable bonds is 6. The summed E-state index contributed by atoms with van der Waals surface area (Å²) in [4.78, 5) is 40.0. The highest BCUT2D eigenvalue weighted by Crippen LogP contribution is 2.39. The molecule has 0 aliphatic heterocycles. The minimum Gasteiger partial charge on any atom is -0.484 e. The summed E-state index contributed by atoms with van der Waals surface area (Å²) in [5.74, 6) is -2.41. The number of ether oxygens (including phenoxy) is 1. The Kier molecular flexibility index (Phi) is 7.23. The highest BCUT2D eigenvalue weighted by molar-refractivity contribution is 6.15. The Morgan fingerprint density at radius 2 is 1.81 bits per heavy atom. The lowest BCUT2D eigenvalue weighted by Crippen LogP contribution is -2.43. The lowest BCUT2D eigenvalue weighted by Gasteiger charge is -2.32. The minimum atomic E-state index is -4.46. The minimum absolute atomic E-state index is 0.0118. The number of alkyl halides is 3. The third kappa shape index (κ3) is 5.86. The van der Waals surface area contributed by atoms with Crippen molar-refractivity contribution in [2.75, 3.05) is 13.7 Å². The van der Waals surface area contributed by atoms with Crippen LogP contribution in [-0.4, -0.2) is 47.7 Å². The molecule has 2 unspecified atom stereocenters. The van der Waals surface area contributed by atoms with Gasteiger partial charge in [-0.15, -0.1) is 0 Å². The molecule has 0 heterocycles. The van der Waals surface area contributed by atoms with Gasteiger partial charge >= 0.3 is 6.18 Å². The maximum Gasteiger partial charge on any atom is 0.422 e. The van der Waals surface area contributed by atoms with Crippen LogP contribution in [0.25, 0.3) is 0 Å². The van der Waals surface area contributed by atoms with E-state index < -0.39 is 30.2 Å². The summed E-state index contributed by atoms with van der Waals surface area (Å²) in [6, 6.07) is 2.88. The molecule has 1 saturated carbocycles. The molecule has 0 aromatic heterocycles. The van der Waals surface area contributed by atoms with Gasteiger partial charge in [-0.05, 0) is 62.9 Å². The molecule has 0 saturated heterocycles. The molecule has 8 heteroatoms. The first-order valence-corrected chi connectivity index (χ1v) is 10.3. The van der Waals surface area contributed by atoms with Gasteiger partial charge in [0.25, 0.3) is 0 Å². The van der Waals surface area contributed by atoms with Gasteiger partial charge < -0.3 is 9.64 Å². The smallest absolute Gasteiger partial charge is 0.422 e. The third-order valence-electron chi connectivity index (χ3n) is 5.78. The van der Waals surface area contributed by atoms with Crippen LogP contribution in [0, 0.1) is 12.8 Å². The number of aryl methyl sites for hydroxylation is 2. The number of ketones is 2. The summed E-state index contributed by atoms with van der Waals surface area (Å²) >= 11 is 0. The third-order valence-corrected chi connectivity index (χ3v) is 5.78. The van der Waals surface area contributed by atoms with Crippen LogP contribution >= 0.6 is 0 Å². The number of benzene rings is 1. The van der Waals surface area contributed by atoms with E-state index >= 15 is 0 Å². The average molecular weight is 441 g/mol. The fraction of sp³-hybridized carbons (Fsp3) is 0.609. The number of nitrogens with zero attached hydrogens (tertiary/aromatic N) is 1. The largest absolute Gasteiger partial charge is 0.484 e. The zero-order valence-electron chi connectivity index (χ0n) is 18.9. The molecule has 1 fully saturated rings. The van der Waals surface area contributed by atoms with Gasteiger partial charge in [0.2, 0.25) is 5.91 Å². The fourth-order valence-electron chi connectivity index (χ4n) is 3.84. The second kappa shape index (κ2) is 9.01. The number of halogens is 3. The van der Waals surface area contributed by atoms with Gasteiger partial charge in [-0.2, -0.15) is 13.2 Å². The van der Waals surface area contributed by atoms with Crippen LogP contribution in [0.2, 0.25) is 0 Å². The topological polar surface area (TPSA) is 63.7 Å². The Labute approximate surface area is 180 Å². The Balaban J connectivity index is 2.28. The van der Waals surface area contributed by atoms with E-state index in [0.717, 1.165) is 0 Å². The van der Waals surface area contributed by atoms with Crippen molar-refractivity contribution in [3.05, 3.63) is 28.8 Å². The van der Waals surface area contributed by atoms with Crippen molar-refractivity contribution in [2.24, 2.45) is 5.92 Å². The first kappa shape index (κ1) is 24.9. The van der Waals surface area contributed by atoms with Crippen LogP contribution < -0.4 is 4.74 Å².